The van der Waals surface area contributed by atoms with E-state index in [4.69, 9.17) is 4.74 Å². The molecule has 1 N–H and O–H groups in total. The second-order valence-electron chi connectivity index (χ2n) is 4.99. The average molecular weight is 226 g/mol. The molecule has 1 saturated carbocycles. The van der Waals surface area contributed by atoms with E-state index < -0.39 is 11.0 Å². The Morgan fingerprint density at radius 3 is 2.69 bits per heavy atom. The summed E-state index contributed by atoms with van der Waals surface area (Å²) in [5.74, 6) is -0.167. The third-order valence-electron chi connectivity index (χ3n) is 4.28. The zero-order chi connectivity index (χ0) is 12.4. The molecule has 1 fully saturated rings. The van der Waals surface area contributed by atoms with E-state index in [9.17, 15) is 9.90 Å². The van der Waals surface area contributed by atoms with E-state index in [-0.39, 0.29) is 11.9 Å². The van der Waals surface area contributed by atoms with Crippen LogP contribution < -0.4 is 0 Å². The molecule has 0 saturated heterocycles. The van der Waals surface area contributed by atoms with Crippen molar-refractivity contribution in [1.29, 1.82) is 0 Å². The van der Waals surface area contributed by atoms with Gasteiger partial charge in [-0.1, -0.05) is 13.0 Å². The van der Waals surface area contributed by atoms with Crippen LogP contribution in [0.5, 0.6) is 0 Å². The summed E-state index contributed by atoms with van der Waals surface area (Å²) in [6, 6.07) is 0. The van der Waals surface area contributed by atoms with Crippen molar-refractivity contribution in [3.8, 4) is 0 Å². The number of methoxy groups -OCH3 is 1. The average Bonchev–Trinajstić information content (AvgIpc) is 2.49. The van der Waals surface area contributed by atoms with Gasteiger partial charge < -0.3 is 9.84 Å². The Hall–Kier alpha value is -0.830. The Balaban J connectivity index is 3.04. The topological polar surface area (TPSA) is 46.5 Å². The van der Waals surface area contributed by atoms with Gasteiger partial charge in [0.05, 0.1) is 18.1 Å². The van der Waals surface area contributed by atoms with E-state index in [1.165, 1.54) is 7.11 Å². The lowest BCUT2D eigenvalue weighted by Gasteiger charge is -2.39. The Labute approximate surface area is 97.5 Å². The lowest BCUT2D eigenvalue weighted by molar-refractivity contribution is -0.170. The summed E-state index contributed by atoms with van der Waals surface area (Å²) in [7, 11) is 1.39. The van der Waals surface area contributed by atoms with Crippen LogP contribution in [0.3, 0.4) is 0 Å². The highest BCUT2D eigenvalue weighted by Crippen LogP contribution is 2.53. The van der Waals surface area contributed by atoms with Gasteiger partial charge in [-0.2, -0.15) is 0 Å². The van der Waals surface area contributed by atoms with E-state index in [1.807, 2.05) is 6.92 Å². The summed E-state index contributed by atoms with van der Waals surface area (Å²) < 4.78 is 4.89. The normalized spacial score (nSPS) is 38.4. The molecule has 0 aromatic rings. The van der Waals surface area contributed by atoms with Crippen molar-refractivity contribution in [2.75, 3.05) is 7.11 Å². The quantitative estimate of drug-likeness (QED) is 0.591. The van der Waals surface area contributed by atoms with E-state index in [2.05, 4.69) is 6.58 Å². The van der Waals surface area contributed by atoms with E-state index in [0.717, 1.165) is 12.8 Å². The molecule has 0 aromatic heterocycles. The number of aliphatic hydroxyl groups is 1. The highest BCUT2D eigenvalue weighted by Gasteiger charge is 2.59. The van der Waals surface area contributed by atoms with E-state index in [1.54, 1.807) is 13.0 Å². The van der Waals surface area contributed by atoms with Gasteiger partial charge in [-0.05, 0) is 38.5 Å². The van der Waals surface area contributed by atoms with Crippen LogP contribution in [-0.2, 0) is 9.53 Å². The largest absolute Gasteiger partial charge is 0.469 e. The van der Waals surface area contributed by atoms with Gasteiger partial charge >= 0.3 is 5.97 Å². The van der Waals surface area contributed by atoms with Crippen LogP contribution in [-0.4, -0.2) is 23.8 Å². The summed E-state index contributed by atoms with van der Waals surface area (Å²) >= 11 is 0. The summed E-state index contributed by atoms with van der Waals surface area (Å²) in [5.41, 5.74) is -1.74. The van der Waals surface area contributed by atoms with Crippen LogP contribution in [0.25, 0.3) is 0 Å². The molecule has 0 heterocycles. The van der Waals surface area contributed by atoms with Gasteiger partial charge in [0.1, 0.15) is 0 Å². The first kappa shape index (κ1) is 13.2. The second kappa shape index (κ2) is 4.58. The van der Waals surface area contributed by atoms with Crippen molar-refractivity contribution in [3.05, 3.63) is 12.7 Å². The first-order valence-corrected chi connectivity index (χ1v) is 5.84. The van der Waals surface area contributed by atoms with Gasteiger partial charge in [0.15, 0.2) is 0 Å². The maximum absolute atomic E-state index is 12.0. The number of hydrogen-bond donors (Lipinski definition) is 1. The molecule has 16 heavy (non-hydrogen) atoms. The number of allylic oxidation sites excluding steroid dienone is 1. The molecule has 0 amide bonds. The zero-order valence-corrected chi connectivity index (χ0v) is 10.5. The molecule has 1 aliphatic carbocycles. The van der Waals surface area contributed by atoms with Crippen molar-refractivity contribution in [2.24, 2.45) is 11.3 Å². The Morgan fingerprint density at radius 1 is 1.69 bits per heavy atom. The summed E-state index contributed by atoms with van der Waals surface area (Å²) in [5, 5.41) is 10.6. The van der Waals surface area contributed by atoms with Gasteiger partial charge in [0.2, 0.25) is 0 Å². The number of carbonyl (C=O) groups is 1. The molecule has 92 valence electrons. The van der Waals surface area contributed by atoms with E-state index in [0.29, 0.717) is 12.8 Å². The molecule has 0 bridgehead atoms. The molecule has 0 unspecified atom stereocenters. The SMILES string of the molecule is C=CCC[C@]1(C(=O)OC)CC[C@H](C)[C@@]1(C)O. The molecule has 3 nitrogen and oxygen atoms in total. The predicted octanol–water partition coefficient (Wildman–Crippen LogP) is 2.29. The highest BCUT2D eigenvalue weighted by molar-refractivity contribution is 5.79. The van der Waals surface area contributed by atoms with Gasteiger partial charge in [-0.25, -0.2) is 0 Å². The van der Waals surface area contributed by atoms with Crippen LogP contribution in [0.1, 0.15) is 39.5 Å². The maximum Gasteiger partial charge on any atom is 0.314 e. The molecular formula is C13H22O3. The smallest absolute Gasteiger partial charge is 0.314 e. The number of carbonyl (C=O) groups excluding carboxylic acids is 1. The first-order chi connectivity index (χ1) is 7.42. The lowest BCUT2D eigenvalue weighted by atomic mass is 9.70. The molecule has 1 rings (SSSR count). The fourth-order valence-electron chi connectivity index (χ4n) is 2.80. The van der Waals surface area contributed by atoms with Crippen molar-refractivity contribution in [3.63, 3.8) is 0 Å². The number of esters is 1. The number of hydrogen-bond acceptors (Lipinski definition) is 3. The minimum absolute atomic E-state index is 0.122. The first-order valence-electron chi connectivity index (χ1n) is 5.84. The Morgan fingerprint density at radius 2 is 2.31 bits per heavy atom. The lowest BCUT2D eigenvalue weighted by Crippen LogP contribution is -2.50. The number of ether oxygens (including phenoxy) is 1. The monoisotopic (exact) mass is 226 g/mol. The highest BCUT2D eigenvalue weighted by atomic mass is 16.5. The third-order valence-corrected chi connectivity index (χ3v) is 4.28. The maximum atomic E-state index is 12.0. The van der Waals surface area contributed by atoms with Crippen LogP contribution in [0.4, 0.5) is 0 Å². The standard InChI is InChI=1S/C13H22O3/c1-5-6-8-13(11(14)16-4)9-7-10(2)12(13,3)15/h5,10,15H,1,6-9H2,2-4H3/t10-,12+,13+/m0/s1. The molecular weight excluding hydrogens is 204 g/mol. The van der Waals surface area contributed by atoms with Crippen LogP contribution in [0, 0.1) is 11.3 Å². The van der Waals surface area contributed by atoms with Crippen molar-refractivity contribution in [2.45, 2.75) is 45.1 Å². The molecule has 0 spiro atoms. The number of rotatable bonds is 4. The van der Waals surface area contributed by atoms with E-state index >= 15 is 0 Å². The summed E-state index contributed by atoms with van der Waals surface area (Å²) in [6.07, 6.45) is 4.67. The van der Waals surface area contributed by atoms with Crippen molar-refractivity contribution in [1.82, 2.24) is 0 Å². The minimum atomic E-state index is -0.983. The Kier molecular flexibility index (Phi) is 3.79. The van der Waals surface area contributed by atoms with Crippen molar-refractivity contribution < 1.29 is 14.6 Å². The fourth-order valence-corrected chi connectivity index (χ4v) is 2.80. The Bertz CT molecular complexity index is 283. The van der Waals surface area contributed by atoms with Gasteiger partial charge in [-0.3, -0.25) is 4.79 Å². The second-order valence-corrected chi connectivity index (χ2v) is 4.99. The van der Waals surface area contributed by atoms with Gasteiger partial charge in [-0.15, -0.1) is 6.58 Å². The summed E-state index contributed by atoms with van der Waals surface area (Å²) in [6.45, 7) is 7.41. The zero-order valence-electron chi connectivity index (χ0n) is 10.5. The van der Waals surface area contributed by atoms with Crippen molar-refractivity contribution >= 4 is 5.97 Å². The van der Waals surface area contributed by atoms with Crippen LogP contribution in [0.15, 0.2) is 12.7 Å². The fraction of sp³-hybridized carbons (Fsp3) is 0.769. The van der Waals surface area contributed by atoms with Crippen LogP contribution in [0.2, 0.25) is 0 Å². The summed E-state index contributed by atoms with van der Waals surface area (Å²) in [4.78, 5) is 12.0. The van der Waals surface area contributed by atoms with Gasteiger partial charge in [0.25, 0.3) is 0 Å². The molecule has 3 heteroatoms. The molecule has 0 radical (unpaired) electrons. The van der Waals surface area contributed by atoms with Crippen LogP contribution >= 0.6 is 0 Å². The predicted molar refractivity (Wildman–Crippen MR) is 62.9 cm³/mol. The van der Waals surface area contributed by atoms with Gasteiger partial charge in [0, 0.05) is 0 Å². The minimum Gasteiger partial charge on any atom is -0.469 e. The molecule has 1 aliphatic rings. The molecule has 3 atom stereocenters. The third kappa shape index (κ3) is 1.77. The molecule has 0 aromatic carbocycles. The molecule has 0 aliphatic heterocycles.